The molecule has 1 aromatic carbocycles. The van der Waals surface area contributed by atoms with Crippen molar-refractivity contribution in [3.8, 4) is 0 Å². The number of aromatic nitrogens is 1. The van der Waals surface area contributed by atoms with Crippen molar-refractivity contribution in [1.29, 1.82) is 0 Å². The average molecular weight is 361 g/mol. The van der Waals surface area contributed by atoms with Gasteiger partial charge in [-0.15, -0.1) is 11.3 Å². The van der Waals surface area contributed by atoms with Gasteiger partial charge in [-0.05, 0) is 71.7 Å². The summed E-state index contributed by atoms with van der Waals surface area (Å²) < 4.78 is 1.30. The van der Waals surface area contributed by atoms with Crippen LogP contribution in [0.3, 0.4) is 0 Å². The highest BCUT2D eigenvalue weighted by molar-refractivity contribution is 7.18. The maximum Gasteiger partial charge on any atom is 0.112 e. The number of rotatable bonds is 5. The quantitative estimate of drug-likeness (QED) is 0.807. The fraction of sp³-hybridized carbons (Fsp3) is 0.650. The highest BCUT2D eigenvalue weighted by Crippen LogP contribution is 2.35. The molecule has 138 valence electrons. The van der Waals surface area contributed by atoms with Crippen LogP contribution in [0.1, 0.15) is 42.4 Å². The van der Waals surface area contributed by atoms with Crippen LogP contribution in [0.15, 0.2) is 18.2 Å². The number of piperidine rings is 1. The summed E-state index contributed by atoms with van der Waals surface area (Å²) in [5.74, 6) is 0.808. The SMILES string of the molecule is CC1CC[C@H](c2ccc3sc(C(CN(C)C)N(C)C)nc3c2)N(C)C1. The van der Waals surface area contributed by atoms with E-state index >= 15 is 0 Å². The van der Waals surface area contributed by atoms with Gasteiger partial charge in [0, 0.05) is 19.1 Å². The molecular formula is C20H32N4S. The molecule has 1 saturated heterocycles. The Morgan fingerprint density at radius 3 is 2.64 bits per heavy atom. The Bertz CT molecular complexity index is 709. The monoisotopic (exact) mass is 360 g/mol. The molecule has 25 heavy (non-hydrogen) atoms. The van der Waals surface area contributed by atoms with E-state index in [1.807, 2.05) is 11.3 Å². The second-order valence-electron chi connectivity index (χ2n) is 8.16. The molecule has 0 aliphatic carbocycles. The zero-order chi connectivity index (χ0) is 18.1. The minimum Gasteiger partial charge on any atom is -0.307 e. The molecule has 0 amide bonds. The molecule has 3 rings (SSSR count). The van der Waals surface area contributed by atoms with E-state index in [1.165, 1.54) is 34.7 Å². The van der Waals surface area contributed by atoms with Crippen LogP contribution < -0.4 is 0 Å². The van der Waals surface area contributed by atoms with E-state index in [2.05, 4.69) is 75.1 Å². The van der Waals surface area contributed by atoms with Crippen molar-refractivity contribution < 1.29 is 0 Å². The van der Waals surface area contributed by atoms with Gasteiger partial charge >= 0.3 is 0 Å². The molecule has 1 aromatic heterocycles. The van der Waals surface area contributed by atoms with Crippen molar-refractivity contribution in [1.82, 2.24) is 19.7 Å². The van der Waals surface area contributed by atoms with Gasteiger partial charge in [0.05, 0.1) is 16.3 Å². The van der Waals surface area contributed by atoms with Crippen molar-refractivity contribution in [2.24, 2.45) is 5.92 Å². The minimum absolute atomic E-state index is 0.342. The van der Waals surface area contributed by atoms with Crippen LogP contribution in [0.2, 0.25) is 0 Å². The van der Waals surface area contributed by atoms with Crippen LogP contribution in [0.25, 0.3) is 10.2 Å². The van der Waals surface area contributed by atoms with E-state index in [4.69, 9.17) is 4.98 Å². The lowest BCUT2D eigenvalue weighted by atomic mass is 9.90. The van der Waals surface area contributed by atoms with Gasteiger partial charge in [0.15, 0.2) is 0 Å². The molecule has 0 saturated carbocycles. The Labute approximate surface area is 156 Å². The van der Waals surface area contributed by atoms with Gasteiger partial charge in [0.1, 0.15) is 5.01 Å². The minimum atomic E-state index is 0.342. The van der Waals surface area contributed by atoms with Gasteiger partial charge < -0.3 is 4.90 Å². The van der Waals surface area contributed by atoms with Crippen LogP contribution in [0, 0.1) is 5.92 Å². The summed E-state index contributed by atoms with van der Waals surface area (Å²) >= 11 is 1.84. The molecule has 4 nitrogen and oxygen atoms in total. The Balaban J connectivity index is 1.88. The number of hydrogen-bond donors (Lipinski definition) is 0. The first-order chi connectivity index (χ1) is 11.8. The topological polar surface area (TPSA) is 22.6 Å². The molecule has 2 unspecified atom stereocenters. The summed E-state index contributed by atoms with van der Waals surface area (Å²) in [4.78, 5) is 12.0. The standard InChI is InChI=1S/C20H32N4S/c1-14-7-9-17(24(6)12-14)15-8-10-19-16(11-15)21-20(25-19)18(23(4)5)13-22(2)3/h8,10-11,14,17-18H,7,9,12-13H2,1-6H3/t14?,17-,18?/m1/s1. The average Bonchev–Trinajstić information content (AvgIpc) is 2.94. The first-order valence-electron chi connectivity index (χ1n) is 9.27. The Morgan fingerprint density at radius 2 is 2.00 bits per heavy atom. The van der Waals surface area contributed by atoms with Gasteiger partial charge in [-0.25, -0.2) is 4.98 Å². The van der Waals surface area contributed by atoms with E-state index in [-0.39, 0.29) is 0 Å². The van der Waals surface area contributed by atoms with Crippen molar-refractivity contribution >= 4 is 21.6 Å². The number of likely N-dealkylation sites (tertiary alicyclic amines) is 1. The highest BCUT2D eigenvalue weighted by atomic mass is 32.1. The summed E-state index contributed by atoms with van der Waals surface area (Å²) in [5, 5.41) is 1.22. The summed E-state index contributed by atoms with van der Waals surface area (Å²) in [6.45, 7) is 4.54. The highest BCUT2D eigenvalue weighted by Gasteiger charge is 2.25. The van der Waals surface area contributed by atoms with Crippen LogP contribution >= 0.6 is 11.3 Å². The van der Waals surface area contributed by atoms with Gasteiger partial charge in [-0.1, -0.05) is 13.0 Å². The lowest BCUT2D eigenvalue weighted by molar-refractivity contribution is 0.146. The summed E-state index contributed by atoms with van der Waals surface area (Å²) in [5.41, 5.74) is 2.59. The van der Waals surface area contributed by atoms with E-state index in [0.29, 0.717) is 12.1 Å². The van der Waals surface area contributed by atoms with Gasteiger partial charge in [0.2, 0.25) is 0 Å². The molecule has 1 aliphatic heterocycles. The molecule has 1 aliphatic rings. The van der Waals surface area contributed by atoms with Crippen LogP contribution in [0.5, 0.6) is 0 Å². The predicted octanol–water partition coefficient (Wildman–Crippen LogP) is 3.86. The largest absolute Gasteiger partial charge is 0.307 e. The predicted molar refractivity (Wildman–Crippen MR) is 108 cm³/mol. The smallest absolute Gasteiger partial charge is 0.112 e. The van der Waals surface area contributed by atoms with Crippen molar-refractivity contribution in [3.05, 3.63) is 28.8 Å². The van der Waals surface area contributed by atoms with Gasteiger partial charge in [-0.3, -0.25) is 9.80 Å². The second kappa shape index (κ2) is 7.70. The molecule has 0 N–H and O–H groups in total. The fourth-order valence-corrected chi connectivity index (χ4v) is 5.05. The Hall–Kier alpha value is -1.01. The third kappa shape index (κ3) is 4.22. The van der Waals surface area contributed by atoms with Crippen molar-refractivity contribution in [2.75, 3.05) is 48.3 Å². The molecular weight excluding hydrogens is 328 g/mol. The number of thiazole rings is 1. The molecule has 3 atom stereocenters. The van der Waals surface area contributed by atoms with E-state index < -0.39 is 0 Å². The maximum absolute atomic E-state index is 5.01. The molecule has 2 heterocycles. The summed E-state index contributed by atoms with van der Waals surface area (Å²) in [6, 6.07) is 7.80. The number of fused-ring (bicyclic) bond motifs is 1. The molecule has 0 spiro atoms. The Kier molecular flexibility index (Phi) is 5.78. The number of benzene rings is 1. The molecule has 1 fully saturated rings. The van der Waals surface area contributed by atoms with Crippen molar-refractivity contribution in [2.45, 2.75) is 31.8 Å². The molecule has 5 heteroatoms. The maximum atomic E-state index is 5.01. The summed E-state index contributed by atoms with van der Waals surface area (Å²) in [6.07, 6.45) is 2.57. The summed E-state index contributed by atoms with van der Waals surface area (Å²) in [7, 11) is 10.8. The van der Waals surface area contributed by atoms with Gasteiger partial charge in [0.25, 0.3) is 0 Å². The van der Waals surface area contributed by atoms with Crippen molar-refractivity contribution in [3.63, 3.8) is 0 Å². The number of nitrogens with zero attached hydrogens (tertiary/aromatic N) is 4. The number of likely N-dealkylation sites (N-methyl/N-ethyl adjacent to an activating group) is 2. The molecule has 0 bridgehead atoms. The normalized spacial score (nSPS) is 23.7. The lowest BCUT2D eigenvalue weighted by Crippen LogP contribution is -2.34. The van der Waals surface area contributed by atoms with Crippen LogP contribution in [0.4, 0.5) is 0 Å². The fourth-order valence-electron chi connectivity index (χ4n) is 3.91. The first-order valence-corrected chi connectivity index (χ1v) is 10.1. The lowest BCUT2D eigenvalue weighted by Gasteiger charge is -2.36. The number of hydrogen-bond acceptors (Lipinski definition) is 5. The second-order valence-corrected chi connectivity index (χ2v) is 9.22. The third-order valence-electron chi connectivity index (χ3n) is 5.32. The third-order valence-corrected chi connectivity index (χ3v) is 6.46. The van der Waals surface area contributed by atoms with Crippen LogP contribution in [-0.4, -0.2) is 68.0 Å². The van der Waals surface area contributed by atoms with E-state index in [1.54, 1.807) is 0 Å². The van der Waals surface area contributed by atoms with Crippen LogP contribution in [-0.2, 0) is 0 Å². The first kappa shape index (κ1) is 18.8. The van der Waals surface area contributed by atoms with E-state index in [0.717, 1.165) is 18.0 Å². The Morgan fingerprint density at radius 1 is 1.24 bits per heavy atom. The van der Waals surface area contributed by atoms with Gasteiger partial charge in [-0.2, -0.15) is 0 Å². The molecule has 0 radical (unpaired) electrons. The zero-order valence-corrected chi connectivity index (χ0v) is 17.3. The molecule has 2 aromatic rings. The van der Waals surface area contributed by atoms with E-state index in [9.17, 15) is 0 Å². The zero-order valence-electron chi connectivity index (χ0n) is 16.5.